The van der Waals surface area contributed by atoms with Crippen LogP contribution in [-0.4, -0.2) is 29.9 Å². The summed E-state index contributed by atoms with van der Waals surface area (Å²) >= 11 is 0. The lowest BCUT2D eigenvalue weighted by Crippen LogP contribution is -2.38. The van der Waals surface area contributed by atoms with E-state index in [1.54, 1.807) is 7.11 Å². The van der Waals surface area contributed by atoms with Crippen molar-refractivity contribution in [2.75, 3.05) is 12.4 Å². The third kappa shape index (κ3) is 6.00. The van der Waals surface area contributed by atoms with Crippen LogP contribution < -0.4 is 14.8 Å². The number of ether oxygens (including phenoxy) is 2. The Hall–Kier alpha value is -3.02. The number of hydrogen-bond acceptors (Lipinski definition) is 4. The van der Waals surface area contributed by atoms with Crippen molar-refractivity contribution >= 4 is 17.5 Å². The van der Waals surface area contributed by atoms with E-state index in [0.29, 0.717) is 37.4 Å². The topological polar surface area (TPSA) is 67.9 Å². The molecular formula is C25H32N2O4. The number of anilines is 1. The van der Waals surface area contributed by atoms with Gasteiger partial charge in [0.15, 0.2) is 6.10 Å². The third-order valence-corrected chi connectivity index (χ3v) is 5.16. The van der Waals surface area contributed by atoms with Crippen LogP contribution in [0.25, 0.3) is 0 Å². The van der Waals surface area contributed by atoms with Crippen molar-refractivity contribution in [3.8, 4) is 11.5 Å². The van der Waals surface area contributed by atoms with Gasteiger partial charge in [-0.05, 0) is 47.7 Å². The van der Waals surface area contributed by atoms with Gasteiger partial charge < -0.3 is 19.7 Å². The summed E-state index contributed by atoms with van der Waals surface area (Å²) in [5.74, 6) is 1.40. The number of methoxy groups -OCH3 is 1. The summed E-state index contributed by atoms with van der Waals surface area (Å²) in [7, 11) is 1.63. The van der Waals surface area contributed by atoms with Gasteiger partial charge in [-0.25, -0.2) is 0 Å². The quantitative estimate of drug-likeness (QED) is 0.725. The molecule has 6 nitrogen and oxygen atoms in total. The lowest BCUT2D eigenvalue weighted by molar-refractivity contribution is -0.139. The normalized spacial score (nSPS) is 16.2. The molecule has 166 valence electrons. The predicted octanol–water partition coefficient (Wildman–Crippen LogP) is 4.77. The van der Waals surface area contributed by atoms with Crippen molar-refractivity contribution in [2.45, 2.75) is 59.7 Å². The molecule has 1 atom stereocenters. The van der Waals surface area contributed by atoms with Gasteiger partial charge in [0.25, 0.3) is 5.91 Å². The molecule has 1 aliphatic rings. The van der Waals surface area contributed by atoms with Gasteiger partial charge in [-0.15, -0.1) is 0 Å². The third-order valence-electron chi connectivity index (χ3n) is 5.16. The molecule has 6 heteroatoms. The first kappa shape index (κ1) is 22.7. The fourth-order valence-electron chi connectivity index (χ4n) is 3.62. The molecule has 3 rings (SSSR count). The lowest BCUT2D eigenvalue weighted by atomic mass is 9.92. The summed E-state index contributed by atoms with van der Waals surface area (Å²) < 4.78 is 11.3. The zero-order chi connectivity index (χ0) is 22.6. The molecule has 0 fully saturated rings. The summed E-state index contributed by atoms with van der Waals surface area (Å²) in [5, 5.41) is 2.97. The molecule has 1 unspecified atom stereocenters. The van der Waals surface area contributed by atoms with Gasteiger partial charge in [-0.3, -0.25) is 9.59 Å². The van der Waals surface area contributed by atoms with Gasteiger partial charge >= 0.3 is 0 Å². The van der Waals surface area contributed by atoms with E-state index < -0.39 is 6.10 Å². The standard InChI is InChI=1S/C25H32N2O4/c1-6-21-24(29)27(15-17-7-10-20(30-5)11-8-17)16-18-13-19(9-12-22(18)31-21)26-23(28)14-25(2,3)4/h7-13,21H,6,14-16H2,1-5H3,(H,26,28). The Morgan fingerprint density at radius 3 is 2.52 bits per heavy atom. The van der Waals surface area contributed by atoms with Crippen LogP contribution >= 0.6 is 0 Å². The van der Waals surface area contributed by atoms with Crippen molar-refractivity contribution in [3.63, 3.8) is 0 Å². The number of amides is 2. The highest BCUT2D eigenvalue weighted by Gasteiger charge is 2.30. The molecule has 1 heterocycles. The smallest absolute Gasteiger partial charge is 0.264 e. The van der Waals surface area contributed by atoms with Gasteiger partial charge in [0.2, 0.25) is 5.91 Å². The fraction of sp³-hybridized carbons (Fsp3) is 0.440. The zero-order valence-corrected chi connectivity index (χ0v) is 19.0. The van der Waals surface area contributed by atoms with Crippen LogP contribution in [0, 0.1) is 5.41 Å². The van der Waals surface area contributed by atoms with E-state index in [2.05, 4.69) is 5.32 Å². The summed E-state index contributed by atoms with van der Waals surface area (Å²) in [4.78, 5) is 27.3. The summed E-state index contributed by atoms with van der Waals surface area (Å²) in [6, 6.07) is 13.3. The van der Waals surface area contributed by atoms with Gasteiger partial charge in [0, 0.05) is 30.8 Å². The van der Waals surface area contributed by atoms with Crippen molar-refractivity contribution in [3.05, 3.63) is 53.6 Å². The first-order chi connectivity index (χ1) is 14.7. The highest BCUT2D eigenvalue weighted by molar-refractivity contribution is 5.91. The van der Waals surface area contributed by atoms with E-state index in [-0.39, 0.29) is 17.2 Å². The first-order valence-corrected chi connectivity index (χ1v) is 10.7. The highest BCUT2D eigenvalue weighted by Crippen LogP contribution is 2.31. The molecular weight excluding hydrogens is 392 g/mol. The van der Waals surface area contributed by atoms with Crippen LogP contribution in [0.1, 0.15) is 51.7 Å². The zero-order valence-electron chi connectivity index (χ0n) is 19.0. The number of benzene rings is 2. The van der Waals surface area contributed by atoms with Crippen molar-refractivity contribution in [1.29, 1.82) is 0 Å². The molecule has 0 saturated heterocycles. The number of fused-ring (bicyclic) bond motifs is 1. The van der Waals surface area contributed by atoms with Crippen molar-refractivity contribution in [2.24, 2.45) is 5.41 Å². The Balaban J connectivity index is 1.82. The Labute approximate surface area is 184 Å². The number of rotatable bonds is 6. The number of carbonyl (C=O) groups is 2. The molecule has 2 aromatic carbocycles. The maximum Gasteiger partial charge on any atom is 0.264 e. The van der Waals surface area contributed by atoms with Crippen LogP contribution in [0.15, 0.2) is 42.5 Å². The first-order valence-electron chi connectivity index (χ1n) is 10.7. The molecule has 1 aliphatic heterocycles. The monoisotopic (exact) mass is 424 g/mol. The largest absolute Gasteiger partial charge is 0.497 e. The minimum atomic E-state index is -0.527. The molecule has 2 amide bonds. The van der Waals surface area contributed by atoms with E-state index in [4.69, 9.17) is 9.47 Å². The predicted molar refractivity (Wildman–Crippen MR) is 121 cm³/mol. The maximum absolute atomic E-state index is 13.1. The number of nitrogens with zero attached hydrogens (tertiary/aromatic N) is 1. The second kappa shape index (κ2) is 9.41. The van der Waals surface area contributed by atoms with Gasteiger partial charge in [0.1, 0.15) is 11.5 Å². The van der Waals surface area contributed by atoms with Gasteiger partial charge in [-0.1, -0.05) is 39.8 Å². The Bertz CT molecular complexity index is 932. The van der Waals surface area contributed by atoms with E-state index >= 15 is 0 Å². The second-order valence-electron chi connectivity index (χ2n) is 9.17. The molecule has 0 aromatic heterocycles. The van der Waals surface area contributed by atoms with Crippen LogP contribution in [0.3, 0.4) is 0 Å². The van der Waals surface area contributed by atoms with Gasteiger partial charge in [0.05, 0.1) is 7.11 Å². The van der Waals surface area contributed by atoms with E-state index in [0.717, 1.165) is 16.9 Å². The van der Waals surface area contributed by atoms with E-state index in [1.165, 1.54) is 0 Å². The molecule has 0 bridgehead atoms. The Morgan fingerprint density at radius 2 is 1.90 bits per heavy atom. The minimum absolute atomic E-state index is 0.0282. The Morgan fingerprint density at radius 1 is 1.19 bits per heavy atom. The Kier molecular flexibility index (Phi) is 6.88. The van der Waals surface area contributed by atoms with Crippen LogP contribution in [0.5, 0.6) is 11.5 Å². The molecule has 0 aliphatic carbocycles. The van der Waals surface area contributed by atoms with E-state index in [1.807, 2.05) is 75.1 Å². The molecule has 0 radical (unpaired) electrons. The molecule has 0 spiro atoms. The fourth-order valence-corrected chi connectivity index (χ4v) is 3.62. The lowest BCUT2D eigenvalue weighted by Gasteiger charge is -2.23. The minimum Gasteiger partial charge on any atom is -0.497 e. The number of nitrogens with one attached hydrogen (secondary N) is 1. The average Bonchev–Trinajstić information content (AvgIpc) is 2.83. The van der Waals surface area contributed by atoms with Crippen LogP contribution in [-0.2, 0) is 22.7 Å². The molecule has 1 N–H and O–H groups in total. The van der Waals surface area contributed by atoms with Crippen molar-refractivity contribution < 1.29 is 19.1 Å². The van der Waals surface area contributed by atoms with Gasteiger partial charge in [-0.2, -0.15) is 0 Å². The second-order valence-corrected chi connectivity index (χ2v) is 9.17. The summed E-state index contributed by atoms with van der Waals surface area (Å²) in [6.45, 7) is 8.93. The molecule has 31 heavy (non-hydrogen) atoms. The average molecular weight is 425 g/mol. The number of hydrogen-bond donors (Lipinski definition) is 1. The maximum atomic E-state index is 13.1. The summed E-state index contributed by atoms with van der Waals surface area (Å²) in [5.41, 5.74) is 2.52. The molecule has 2 aromatic rings. The van der Waals surface area contributed by atoms with Crippen molar-refractivity contribution in [1.82, 2.24) is 4.90 Å². The number of carbonyl (C=O) groups excluding carboxylic acids is 2. The SMILES string of the molecule is CCC1Oc2ccc(NC(=O)CC(C)(C)C)cc2CN(Cc2ccc(OC)cc2)C1=O. The van der Waals surface area contributed by atoms with Crippen LogP contribution in [0.4, 0.5) is 5.69 Å². The van der Waals surface area contributed by atoms with Crippen LogP contribution in [0.2, 0.25) is 0 Å². The van der Waals surface area contributed by atoms with E-state index in [9.17, 15) is 9.59 Å². The highest BCUT2D eigenvalue weighted by atomic mass is 16.5. The molecule has 0 saturated carbocycles. The summed E-state index contributed by atoms with van der Waals surface area (Å²) in [6.07, 6.45) is 0.489.